The van der Waals surface area contributed by atoms with Gasteiger partial charge in [0.05, 0.1) is 0 Å². The summed E-state index contributed by atoms with van der Waals surface area (Å²) in [6.45, 7) is 4.12. The van der Waals surface area contributed by atoms with Gasteiger partial charge in [0, 0.05) is 45.8 Å². The zero-order valence-electron chi connectivity index (χ0n) is 12.1. The van der Waals surface area contributed by atoms with Crippen LogP contribution in [-0.2, 0) is 37.5 Å². The minimum Gasteiger partial charge on any atom is -0.851 e. The summed E-state index contributed by atoms with van der Waals surface area (Å²) in [7, 11) is 0. The Balaban J connectivity index is 0.00000161. The van der Waals surface area contributed by atoms with Crippen molar-refractivity contribution < 1.29 is 37.5 Å². The van der Waals surface area contributed by atoms with Gasteiger partial charge in [0.25, 0.3) is 0 Å². The quantitative estimate of drug-likeness (QED) is 0.652. The van der Waals surface area contributed by atoms with Crippen molar-refractivity contribution in [3.8, 4) is 0 Å². The summed E-state index contributed by atoms with van der Waals surface area (Å²) >= 11 is 0. The second-order valence-corrected chi connectivity index (χ2v) is 5.73. The minimum atomic E-state index is -0.399. The number of carbonyl (C=O) groups excluding carboxylic acids is 1. The van der Waals surface area contributed by atoms with Crippen LogP contribution in [0.3, 0.4) is 0 Å². The maximum absolute atomic E-state index is 12.0. The average molecular weight is 358 g/mol. The number of nitrogens with zero attached hydrogens (tertiary/aromatic N) is 2. The fraction of sp³-hybridized carbons (Fsp3) is 0.500. The van der Waals surface area contributed by atoms with E-state index >= 15 is 0 Å². The van der Waals surface area contributed by atoms with Crippen molar-refractivity contribution in [1.82, 2.24) is 10.2 Å². The number of hydrogen-bond donors (Lipinski definition) is 1. The molecule has 1 atom stereocenters. The van der Waals surface area contributed by atoms with Crippen LogP contribution in [0, 0.1) is 17.9 Å². The van der Waals surface area contributed by atoms with E-state index in [0.29, 0.717) is 18.0 Å². The van der Waals surface area contributed by atoms with Gasteiger partial charge in [-0.1, -0.05) is 0 Å². The first kappa shape index (κ1) is 16.8. The van der Waals surface area contributed by atoms with E-state index < -0.39 is 5.91 Å². The van der Waals surface area contributed by atoms with Gasteiger partial charge >= 0.3 is 0 Å². The van der Waals surface area contributed by atoms with Gasteiger partial charge in [-0.15, -0.1) is 30.3 Å². The average Bonchev–Trinajstić information content (AvgIpc) is 2.54. The maximum atomic E-state index is 12.0. The van der Waals surface area contributed by atoms with Crippen LogP contribution in [0.4, 0.5) is 0 Å². The van der Waals surface area contributed by atoms with Gasteiger partial charge < -0.3 is 15.6 Å². The fourth-order valence-corrected chi connectivity index (χ4v) is 3.29. The molecule has 21 heavy (non-hydrogen) atoms. The molecule has 1 aromatic rings. The van der Waals surface area contributed by atoms with Gasteiger partial charge in [0.2, 0.25) is 0 Å². The smallest absolute Gasteiger partial charge is 0.184 e. The second kappa shape index (κ2) is 7.62. The van der Waals surface area contributed by atoms with Gasteiger partial charge in [-0.3, -0.25) is 4.79 Å². The molecule has 1 N–H and O–H groups in total. The van der Waals surface area contributed by atoms with Crippen molar-refractivity contribution in [2.24, 2.45) is 11.8 Å². The number of carbonyl (C=O) groups is 1. The first-order valence-electron chi connectivity index (χ1n) is 7.27. The molecular formula is C16H19N3OY-2. The Bertz CT molecular complexity index is 498. The van der Waals surface area contributed by atoms with Crippen molar-refractivity contribution in [2.75, 3.05) is 26.2 Å². The van der Waals surface area contributed by atoms with E-state index in [1.807, 2.05) is 6.07 Å². The molecule has 4 nitrogen and oxygen atoms in total. The first-order valence-corrected chi connectivity index (χ1v) is 7.27. The SMILES string of the molecule is [N-]=C(C(=O)NCC1CN2CCC1CC2)c1[c-]cccc1.[Y]. The summed E-state index contributed by atoms with van der Waals surface area (Å²) in [5.41, 5.74) is 0.200. The number of amides is 1. The number of nitrogens with one attached hydrogen (secondary N) is 1. The van der Waals surface area contributed by atoms with Crippen LogP contribution >= 0.6 is 0 Å². The van der Waals surface area contributed by atoms with Gasteiger partial charge in [-0.2, -0.15) is 11.3 Å². The summed E-state index contributed by atoms with van der Waals surface area (Å²) in [5, 5.41) is 12.8. The standard InChI is InChI=1S/C16H19N3O.Y/c17-15(13-4-2-1-3-5-13)16(20)18-10-14-11-19-8-6-12(14)7-9-19;/h1-4,12,14H,6-11H2,(H,18,20);/q-2;. The molecule has 1 aromatic carbocycles. The molecular weight excluding hydrogens is 339 g/mol. The van der Waals surface area contributed by atoms with E-state index in [1.54, 1.807) is 18.2 Å². The Morgan fingerprint density at radius 1 is 1.38 bits per heavy atom. The van der Waals surface area contributed by atoms with Gasteiger partial charge in [-0.05, 0) is 37.8 Å². The molecule has 3 aliphatic heterocycles. The molecule has 0 aliphatic carbocycles. The van der Waals surface area contributed by atoms with Gasteiger partial charge in [0.15, 0.2) is 5.91 Å². The van der Waals surface area contributed by atoms with E-state index in [-0.39, 0.29) is 38.4 Å². The normalized spacial score (nSPS) is 26.8. The van der Waals surface area contributed by atoms with Crippen molar-refractivity contribution in [3.63, 3.8) is 0 Å². The Morgan fingerprint density at radius 2 is 2.14 bits per heavy atom. The molecule has 3 aliphatic rings. The Kier molecular flexibility index (Phi) is 6.09. The van der Waals surface area contributed by atoms with Gasteiger partial charge in [-0.25, -0.2) is 0 Å². The summed E-state index contributed by atoms with van der Waals surface area (Å²) < 4.78 is 0. The molecule has 1 amide bonds. The molecule has 0 spiro atoms. The topological polar surface area (TPSA) is 54.6 Å². The van der Waals surface area contributed by atoms with E-state index in [1.165, 1.54) is 25.9 Å². The summed E-state index contributed by atoms with van der Waals surface area (Å²) in [6, 6.07) is 9.82. The Morgan fingerprint density at radius 3 is 2.71 bits per heavy atom. The zero-order valence-corrected chi connectivity index (χ0v) is 14.9. The van der Waals surface area contributed by atoms with Crippen LogP contribution < -0.4 is 5.32 Å². The van der Waals surface area contributed by atoms with E-state index in [4.69, 9.17) is 0 Å². The predicted octanol–water partition coefficient (Wildman–Crippen LogP) is 1.30. The minimum absolute atomic E-state index is 0. The molecule has 2 bridgehead atoms. The number of hydrogen-bond acceptors (Lipinski definition) is 2. The fourth-order valence-electron chi connectivity index (χ4n) is 3.29. The van der Waals surface area contributed by atoms with Crippen molar-refractivity contribution in [1.29, 1.82) is 0 Å². The van der Waals surface area contributed by atoms with Crippen LogP contribution in [0.5, 0.6) is 0 Å². The van der Waals surface area contributed by atoms with Crippen LogP contribution in [-0.4, -0.2) is 42.7 Å². The molecule has 1 radical (unpaired) electrons. The largest absolute Gasteiger partial charge is 0.851 e. The first-order chi connectivity index (χ1) is 9.74. The molecule has 3 fully saturated rings. The number of benzene rings is 1. The van der Waals surface area contributed by atoms with Gasteiger partial charge in [0.1, 0.15) is 0 Å². The summed E-state index contributed by atoms with van der Waals surface area (Å²) in [6.07, 6.45) is 2.48. The van der Waals surface area contributed by atoms with E-state index in [9.17, 15) is 10.2 Å². The van der Waals surface area contributed by atoms with Crippen LogP contribution in [0.15, 0.2) is 24.3 Å². The summed E-state index contributed by atoms with van der Waals surface area (Å²) in [5.74, 6) is 0.851. The zero-order chi connectivity index (χ0) is 13.9. The Labute approximate surface area is 151 Å². The van der Waals surface area contributed by atoms with Crippen LogP contribution in [0.1, 0.15) is 18.4 Å². The third-order valence-corrected chi connectivity index (χ3v) is 4.50. The molecule has 3 heterocycles. The van der Waals surface area contributed by atoms with Crippen molar-refractivity contribution in [3.05, 3.63) is 41.3 Å². The number of piperidine rings is 3. The van der Waals surface area contributed by atoms with E-state index in [0.717, 1.165) is 12.5 Å². The van der Waals surface area contributed by atoms with E-state index in [2.05, 4.69) is 16.3 Å². The molecule has 109 valence electrons. The Hall–Kier alpha value is -0.576. The predicted molar refractivity (Wildman–Crippen MR) is 78.4 cm³/mol. The second-order valence-electron chi connectivity index (χ2n) is 5.73. The van der Waals surface area contributed by atoms with Crippen LogP contribution in [0.25, 0.3) is 5.41 Å². The summed E-state index contributed by atoms with van der Waals surface area (Å²) in [4.78, 5) is 14.4. The molecule has 0 saturated carbocycles. The van der Waals surface area contributed by atoms with Crippen molar-refractivity contribution >= 4 is 11.6 Å². The molecule has 5 heteroatoms. The number of fused-ring (bicyclic) bond motifs is 3. The molecule has 3 saturated heterocycles. The monoisotopic (exact) mass is 358 g/mol. The number of rotatable bonds is 4. The third-order valence-electron chi connectivity index (χ3n) is 4.50. The maximum Gasteiger partial charge on any atom is 0.184 e. The third kappa shape index (κ3) is 3.99. The molecule has 0 aromatic heterocycles. The van der Waals surface area contributed by atoms with Crippen LogP contribution in [0.2, 0.25) is 0 Å². The molecule has 4 rings (SSSR count). The van der Waals surface area contributed by atoms with Crippen molar-refractivity contribution in [2.45, 2.75) is 12.8 Å². The molecule has 1 unspecified atom stereocenters.